The second kappa shape index (κ2) is 6.03. The van der Waals surface area contributed by atoms with E-state index < -0.39 is 5.91 Å². The number of nitrogens with zero attached hydrogens (tertiary/aromatic N) is 3. The average molecular weight is 354 g/mol. The Labute approximate surface area is 147 Å². The number of carbonyl (C=O) groups excluding carboxylic acids is 1. The third-order valence-electron chi connectivity index (χ3n) is 3.79. The average Bonchev–Trinajstić information content (AvgIpc) is 3.26. The molecule has 0 radical (unpaired) electrons. The molecule has 8 heteroatoms. The Kier molecular flexibility index (Phi) is 3.70. The molecule has 2 N–H and O–H groups in total. The summed E-state index contributed by atoms with van der Waals surface area (Å²) in [6, 6.07) is 8.88. The Bertz CT molecular complexity index is 1090. The zero-order valence-electron chi connectivity index (χ0n) is 13.1. The number of aromatic nitrogens is 4. The fraction of sp³-hybridized carbons (Fsp3) is 0.0588. The predicted octanol–water partition coefficient (Wildman–Crippen LogP) is 3.83. The number of nitrogens with one attached hydrogen (secondary N) is 2. The van der Waals surface area contributed by atoms with Gasteiger partial charge >= 0.3 is 0 Å². The summed E-state index contributed by atoms with van der Waals surface area (Å²) >= 11 is 5.92. The van der Waals surface area contributed by atoms with Crippen LogP contribution in [0.2, 0.25) is 5.02 Å². The zero-order chi connectivity index (χ0) is 17.4. The minimum atomic E-state index is -0.401. The lowest BCUT2D eigenvalue weighted by molar-refractivity contribution is 0.101. The van der Waals surface area contributed by atoms with Gasteiger partial charge in [0, 0.05) is 23.2 Å². The number of benzene rings is 1. The smallest absolute Gasteiger partial charge is 0.277 e. The number of fused-ring (bicyclic) bond motifs is 1. The molecule has 1 aromatic carbocycles. The highest BCUT2D eigenvalue weighted by atomic mass is 35.5. The van der Waals surface area contributed by atoms with Crippen molar-refractivity contribution in [1.29, 1.82) is 0 Å². The van der Waals surface area contributed by atoms with E-state index in [2.05, 4.69) is 25.7 Å². The minimum Gasteiger partial charge on any atom is -0.355 e. The number of amides is 1. The molecule has 4 aromatic rings. The van der Waals surface area contributed by atoms with Crippen molar-refractivity contribution in [3.05, 3.63) is 59.1 Å². The van der Waals surface area contributed by atoms with Gasteiger partial charge in [0.25, 0.3) is 5.91 Å². The van der Waals surface area contributed by atoms with Gasteiger partial charge in [0.05, 0.1) is 28.1 Å². The lowest BCUT2D eigenvalue weighted by Crippen LogP contribution is -2.13. The van der Waals surface area contributed by atoms with Crippen LogP contribution in [0.5, 0.6) is 0 Å². The van der Waals surface area contributed by atoms with Crippen molar-refractivity contribution < 1.29 is 9.32 Å². The lowest BCUT2D eigenvalue weighted by Gasteiger charge is -2.05. The van der Waals surface area contributed by atoms with Gasteiger partial charge in [-0.05, 0) is 19.1 Å². The molecule has 7 nitrogen and oxygen atoms in total. The number of H-pyrrole nitrogens is 1. The number of halogens is 1. The van der Waals surface area contributed by atoms with E-state index in [4.69, 9.17) is 16.1 Å². The third-order valence-corrected chi connectivity index (χ3v) is 4.00. The second-order valence-corrected chi connectivity index (χ2v) is 5.89. The fourth-order valence-corrected chi connectivity index (χ4v) is 2.67. The number of hydrogen-bond acceptors (Lipinski definition) is 5. The van der Waals surface area contributed by atoms with E-state index in [1.165, 1.54) is 6.20 Å². The number of aromatic amines is 1. The Morgan fingerprint density at radius 2 is 2.16 bits per heavy atom. The Morgan fingerprint density at radius 1 is 1.28 bits per heavy atom. The van der Waals surface area contributed by atoms with Crippen molar-refractivity contribution in [2.24, 2.45) is 0 Å². The van der Waals surface area contributed by atoms with Crippen molar-refractivity contribution in [3.8, 4) is 11.3 Å². The van der Waals surface area contributed by atoms with Crippen LogP contribution in [-0.2, 0) is 0 Å². The van der Waals surface area contributed by atoms with Gasteiger partial charge < -0.3 is 9.84 Å². The van der Waals surface area contributed by atoms with Crippen LogP contribution in [0.3, 0.4) is 0 Å². The Balaban J connectivity index is 1.64. The molecular weight excluding hydrogens is 342 g/mol. The summed E-state index contributed by atoms with van der Waals surface area (Å²) in [5.74, 6) is 0.0830. The molecule has 25 heavy (non-hydrogen) atoms. The van der Waals surface area contributed by atoms with E-state index in [1.807, 2.05) is 18.2 Å². The summed E-state index contributed by atoms with van der Waals surface area (Å²) in [4.78, 5) is 16.5. The number of pyridine rings is 1. The first-order valence-electron chi connectivity index (χ1n) is 7.44. The maximum Gasteiger partial charge on any atom is 0.277 e. The van der Waals surface area contributed by atoms with E-state index in [1.54, 1.807) is 25.3 Å². The van der Waals surface area contributed by atoms with Gasteiger partial charge in [-0.25, -0.2) is 0 Å². The van der Waals surface area contributed by atoms with Crippen LogP contribution in [0.15, 0.2) is 47.2 Å². The molecule has 0 saturated carbocycles. The van der Waals surface area contributed by atoms with Crippen LogP contribution in [0.1, 0.15) is 16.2 Å². The first-order valence-corrected chi connectivity index (χ1v) is 7.82. The lowest BCUT2D eigenvalue weighted by atomic mass is 10.1. The highest BCUT2D eigenvalue weighted by molar-refractivity contribution is 6.30. The van der Waals surface area contributed by atoms with E-state index >= 15 is 0 Å². The molecule has 0 aliphatic heterocycles. The van der Waals surface area contributed by atoms with Crippen molar-refractivity contribution in [3.63, 3.8) is 0 Å². The second-order valence-electron chi connectivity index (χ2n) is 5.45. The zero-order valence-corrected chi connectivity index (χ0v) is 13.8. The molecule has 124 valence electrons. The summed E-state index contributed by atoms with van der Waals surface area (Å²) in [5, 5.41) is 14.8. The van der Waals surface area contributed by atoms with E-state index in [-0.39, 0.29) is 5.69 Å². The van der Waals surface area contributed by atoms with Crippen molar-refractivity contribution in [2.45, 2.75) is 6.92 Å². The molecule has 0 saturated heterocycles. The van der Waals surface area contributed by atoms with Gasteiger partial charge in [0.2, 0.25) is 0 Å². The van der Waals surface area contributed by atoms with Crippen molar-refractivity contribution >= 4 is 34.1 Å². The summed E-state index contributed by atoms with van der Waals surface area (Å²) in [6.45, 7) is 1.78. The van der Waals surface area contributed by atoms with Crippen LogP contribution >= 0.6 is 11.6 Å². The van der Waals surface area contributed by atoms with Crippen molar-refractivity contribution in [1.82, 2.24) is 20.3 Å². The normalized spacial score (nSPS) is 11.0. The van der Waals surface area contributed by atoms with Crippen LogP contribution in [0.25, 0.3) is 22.2 Å². The number of anilines is 1. The maximum atomic E-state index is 12.4. The fourth-order valence-electron chi connectivity index (χ4n) is 2.51. The highest BCUT2D eigenvalue weighted by Gasteiger charge is 2.17. The molecule has 0 aliphatic carbocycles. The van der Waals surface area contributed by atoms with E-state index in [0.29, 0.717) is 22.2 Å². The van der Waals surface area contributed by atoms with Crippen molar-refractivity contribution in [2.75, 3.05) is 5.32 Å². The molecule has 0 fully saturated rings. The summed E-state index contributed by atoms with van der Waals surface area (Å²) in [5.41, 5.74) is 3.03. The Hall–Kier alpha value is -3.19. The quantitative estimate of drug-likeness (QED) is 0.583. The van der Waals surface area contributed by atoms with Crippen LogP contribution in [0, 0.1) is 6.92 Å². The largest absolute Gasteiger partial charge is 0.355 e. The number of aryl methyl sites for hydroxylation is 1. The van der Waals surface area contributed by atoms with Gasteiger partial charge in [-0.2, -0.15) is 5.10 Å². The molecule has 0 spiro atoms. The topological polar surface area (TPSA) is 96.7 Å². The number of rotatable bonds is 3. The number of carbonyl (C=O) groups is 1. The Morgan fingerprint density at radius 3 is 3.04 bits per heavy atom. The van der Waals surface area contributed by atoms with E-state index in [0.717, 1.165) is 16.5 Å². The summed E-state index contributed by atoms with van der Waals surface area (Å²) in [6.07, 6.45) is 3.22. The maximum absolute atomic E-state index is 12.4. The molecule has 0 aliphatic rings. The van der Waals surface area contributed by atoms with Gasteiger partial charge in [0.15, 0.2) is 11.5 Å². The molecular formula is C17H12ClN5O2. The van der Waals surface area contributed by atoms with Gasteiger partial charge in [-0.15, -0.1) is 0 Å². The number of hydrogen-bond donors (Lipinski definition) is 2. The van der Waals surface area contributed by atoms with E-state index in [9.17, 15) is 4.79 Å². The molecule has 0 bridgehead atoms. The highest BCUT2D eigenvalue weighted by Crippen LogP contribution is 2.28. The first-order chi connectivity index (χ1) is 12.1. The molecule has 3 aromatic heterocycles. The minimum absolute atomic E-state index is 0.162. The van der Waals surface area contributed by atoms with Crippen LogP contribution in [-0.4, -0.2) is 26.2 Å². The van der Waals surface area contributed by atoms with Crippen LogP contribution < -0.4 is 5.32 Å². The standard InChI is InChI=1S/C17H12ClN5O2/c1-9-14(5-10(18)7-19-9)21-17(24)15-6-16(25-23-15)11-3-2-4-13-12(11)8-20-22-13/h2-8H,1H3,(H,20,22)(H,21,24). The van der Waals surface area contributed by atoms with Gasteiger partial charge in [0.1, 0.15) is 0 Å². The molecule has 4 rings (SSSR count). The van der Waals surface area contributed by atoms with Gasteiger partial charge in [-0.1, -0.05) is 28.9 Å². The summed E-state index contributed by atoms with van der Waals surface area (Å²) < 4.78 is 5.35. The first kappa shape index (κ1) is 15.3. The predicted molar refractivity (Wildman–Crippen MR) is 93.5 cm³/mol. The SMILES string of the molecule is Cc1ncc(Cl)cc1NC(=O)c1cc(-c2cccc3[nH]ncc23)on1. The van der Waals surface area contributed by atoms with Crippen LogP contribution in [0.4, 0.5) is 5.69 Å². The molecule has 0 unspecified atom stereocenters. The monoisotopic (exact) mass is 353 g/mol. The molecule has 3 heterocycles. The summed E-state index contributed by atoms with van der Waals surface area (Å²) in [7, 11) is 0. The van der Waals surface area contributed by atoms with Gasteiger partial charge in [-0.3, -0.25) is 14.9 Å². The molecule has 1 amide bonds. The molecule has 0 atom stereocenters. The third kappa shape index (κ3) is 2.85.